The largest absolute Gasteiger partial charge is 0.454 e. The van der Waals surface area contributed by atoms with Crippen molar-refractivity contribution in [2.45, 2.75) is 19.5 Å². The Kier molecular flexibility index (Phi) is 4.07. The summed E-state index contributed by atoms with van der Waals surface area (Å²) >= 11 is 0. The molecule has 0 spiro atoms. The Bertz CT molecular complexity index is 897. The zero-order chi connectivity index (χ0) is 17.2. The van der Waals surface area contributed by atoms with Crippen LogP contribution < -0.4 is 14.8 Å². The van der Waals surface area contributed by atoms with Gasteiger partial charge in [-0.3, -0.25) is 0 Å². The van der Waals surface area contributed by atoms with Crippen molar-refractivity contribution >= 4 is 0 Å². The predicted octanol–water partition coefficient (Wildman–Crippen LogP) is 3.46. The van der Waals surface area contributed by atoms with Gasteiger partial charge in [0.05, 0.1) is 6.04 Å². The molecule has 2 heterocycles. The molecule has 6 nitrogen and oxygen atoms in total. The van der Waals surface area contributed by atoms with Gasteiger partial charge in [-0.2, -0.15) is 4.98 Å². The highest BCUT2D eigenvalue weighted by Gasteiger charge is 2.19. The van der Waals surface area contributed by atoms with Crippen LogP contribution in [-0.2, 0) is 6.54 Å². The molecule has 0 saturated heterocycles. The van der Waals surface area contributed by atoms with Crippen LogP contribution in [0.15, 0.2) is 47.0 Å². The summed E-state index contributed by atoms with van der Waals surface area (Å²) in [7, 11) is 0. The zero-order valence-corrected chi connectivity index (χ0v) is 13.5. The molecule has 0 amide bonds. The minimum atomic E-state index is -0.338. The lowest BCUT2D eigenvalue weighted by Gasteiger charge is -2.11. The number of nitrogens with zero attached hydrogens (tertiary/aromatic N) is 2. The van der Waals surface area contributed by atoms with Crippen LogP contribution >= 0.6 is 0 Å². The Morgan fingerprint density at radius 1 is 1.20 bits per heavy atom. The van der Waals surface area contributed by atoms with Crippen molar-refractivity contribution in [1.82, 2.24) is 15.5 Å². The highest BCUT2D eigenvalue weighted by molar-refractivity contribution is 5.54. The number of aromatic nitrogens is 2. The minimum absolute atomic E-state index is 0.173. The molecule has 25 heavy (non-hydrogen) atoms. The third kappa shape index (κ3) is 3.18. The van der Waals surface area contributed by atoms with E-state index in [0.717, 1.165) is 17.1 Å². The maximum atomic E-state index is 13.3. The van der Waals surface area contributed by atoms with Gasteiger partial charge in [0.1, 0.15) is 5.82 Å². The van der Waals surface area contributed by atoms with E-state index in [2.05, 4.69) is 15.5 Å². The van der Waals surface area contributed by atoms with E-state index >= 15 is 0 Å². The Hall–Kier alpha value is -2.93. The highest BCUT2D eigenvalue weighted by Crippen LogP contribution is 2.35. The molecule has 3 aromatic rings. The molecular weight excluding hydrogens is 325 g/mol. The van der Waals surface area contributed by atoms with Crippen molar-refractivity contribution in [3.63, 3.8) is 0 Å². The van der Waals surface area contributed by atoms with E-state index < -0.39 is 0 Å². The van der Waals surface area contributed by atoms with Gasteiger partial charge in [-0.25, -0.2) is 4.39 Å². The number of benzene rings is 2. The van der Waals surface area contributed by atoms with Crippen LogP contribution in [0.2, 0.25) is 0 Å². The van der Waals surface area contributed by atoms with Gasteiger partial charge in [0.2, 0.25) is 18.5 Å². The second kappa shape index (κ2) is 6.52. The fourth-order valence-corrected chi connectivity index (χ4v) is 2.64. The zero-order valence-electron chi connectivity index (χ0n) is 13.5. The van der Waals surface area contributed by atoms with Gasteiger partial charge in [0.25, 0.3) is 0 Å². The van der Waals surface area contributed by atoms with Crippen molar-refractivity contribution in [1.29, 1.82) is 0 Å². The van der Waals surface area contributed by atoms with E-state index in [1.165, 1.54) is 12.1 Å². The third-order valence-corrected chi connectivity index (χ3v) is 3.97. The SMILES string of the molecule is CC(NCc1cccc2c1OCO2)c1nc(-c2cccc(F)c2)no1. The van der Waals surface area contributed by atoms with Crippen LogP contribution in [0.1, 0.15) is 24.4 Å². The fourth-order valence-electron chi connectivity index (χ4n) is 2.64. The van der Waals surface area contributed by atoms with E-state index in [9.17, 15) is 4.39 Å². The van der Waals surface area contributed by atoms with E-state index in [1.54, 1.807) is 12.1 Å². The van der Waals surface area contributed by atoms with Crippen molar-refractivity contribution < 1.29 is 18.4 Å². The van der Waals surface area contributed by atoms with E-state index in [1.807, 2.05) is 25.1 Å². The first kappa shape index (κ1) is 15.6. The molecule has 0 aliphatic carbocycles. The van der Waals surface area contributed by atoms with Gasteiger partial charge in [0.15, 0.2) is 11.5 Å². The van der Waals surface area contributed by atoms with Crippen molar-refractivity contribution in [2.75, 3.05) is 6.79 Å². The standard InChI is InChI=1S/C18H16FN3O3/c1-11(20-9-13-5-3-7-15-16(13)24-10-23-15)18-21-17(22-25-18)12-4-2-6-14(19)8-12/h2-8,11,20H,9-10H2,1H3. The molecule has 2 aromatic carbocycles. The molecule has 0 fully saturated rings. The van der Waals surface area contributed by atoms with Crippen molar-refractivity contribution in [3.05, 3.63) is 59.7 Å². The second-order valence-corrected chi connectivity index (χ2v) is 5.72. The molecule has 1 aliphatic heterocycles. The van der Waals surface area contributed by atoms with Crippen LogP contribution in [0.5, 0.6) is 11.5 Å². The first-order valence-corrected chi connectivity index (χ1v) is 7.91. The second-order valence-electron chi connectivity index (χ2n) is 5.72. The maximum absolute atomic E-state index is 13.3. The molecule has 0 saturated carbocycles. The number of hydrogen-bond donors (Lipinski definition) is 1. The van der Waals surface area contributed by atoms with Crippen LogP contribution in [0.4, 0.5) is 4.39 Å². The van der Waals surface area contributed by atoms with Crippen molar-refractivity contribution in [2.24, 2.45) is 0 Å². The number of halogens is 1. The fraction of sp³-hybridized carbons (Fsp3) is 0.222. The highest BCUT2D eigenvalue weighted by atomic mass is 19.1. The van der Waals surface area contributed by atoms with Gasteiger partial charge < -0.3 is 19.3 Å². The molecule has 7 heteroatoms. The molecule has 4 rings (SSSR count). The summed E-state index contributed by atoms with van der Waals surface area (Å²) in [6.07, 6.45) is 0. The number of fused-ring (bicyclic) bond motifs is 1. The van der Waals surface area contributed by atoms with Crippen LogP contribution in [0.3, 0.4) is 0 Å². The lowest BCUT2D eigenvalue weighted by atomic mass is 10.1. The average molecular weight is 341 g/mol. The summed E-state index contributed by atoms with van der Waals surface area (Å²) < 4.78 is 29.5. The number of hydrogen-bond acceptors (Lipinski definition) is 6. The topological polar surface area (TPSA) is 69.4 Å². The Morgan fingerprint density at radius 2 is 2.08 bits per heavy atom. The van der Waals surface area contributed by atoms with Crippen LogP contribution in [-0.4, -0.2) is 16.9 Å². The number of para-hydroxylation sites is 1. The molecule has 1 aromatic heterocycles. The maximum Gasteiger partial charge on any atom is 0.243 e. The third-order valence-electron chi connectivity index (χ3n) is 3.97. The molecule has 1 atom stereocenters. The summed E-state index contributed by atoms with van der Waals surface area (Å²) in [6, 6.07) is 11.7. The molecular formula is C18H16FN3O3. The molecule has 0 bridgehead atoms. The minimum Gasteiger partial charge on any atom is -0.454 e. The summed E-state index contributed by atoms with van der Waals surface area (Å²) in [5.41, 5.74) is 1.57. The van der Waals surface area contributed by atoms with Crippen LogP contribution in [0.25, 0.3) is 11.4 Å². The first-order valence-electron chi connectivity index (χ1n) is 7.91. The van der Waals surface area contributed by atoms with Crippen LogP contribution in [0, 0.1) is 5.82 Å². The lowest BCUT2D eigenvalue weighted by Crippen LogP contribution is -2.18. The first-order chi connectivity index (χ1) is 12.2. The number of rotatable bonds is 5. The molecule has 1 N–H and O–H groups in total. The normalized spacial score (nSPS) is 13.8. The Labute approximate surface area is 143 Å². The number of nitrogens with one attached hydrogen (secondary N) is 1. The summed E-state index contributed by atoms with van der Waals surface area (Å²) in [6.45, 7) is 2.72. The smallest absolute Gasteiger partial charge is 0.243 e. The summed E-state index contributed by atoms with van der Waals surface area (Å²) in [5, 5.41) is 7.24. The molecule has 1 aliphatic rings. The lowest BCUT2D eigenvalue weighted by molar-refractivity contribution is 0.173. The Morgan fingerprint density at radius 3 is 2.96 bits per heavy atom. The van der Waals surface area contributed by atoms with Crippen molar-refractivity contribution in [3.8, 4) is 22.9 Å². The van der Waals surface area contributed by atoms with E-state index in [-0.39, 0.29) is 18.7 Å². The molecule has 0 radical (unpaired) electrons. The van der Waals surface area contributed by atoms with Gasteiger partial charge in [-0.15, -0.1) is 0 Å². The monoisotopic (exact) mass is 341 g/mol. The summed E-state index contributed by atoms with van der Waals surface area (Å²) in [4.78, 5) is 4.34. The molecule has 1 unspecified atom stereocenters. The van der Waals surface area contributed by atoms with Gasteiger partial charge in [0, 0.05) is 17.7 Å². The van der Waals surface area contributed by atoms with E-state index in [4.69, 9.17) is 14.0 Å². The van der Waals surface area contributed by atoms with E-state index in [0.29, 0.717) is 23.8 Å². The van der Waals surface area contributed by atoms with Gasteiger partial charge in [-0.05, 0) is 25.1 Å². The molecule has 128 valence electrons. The summed E-state index contributed by atoms with van der Waals surface area (Å²) in [5.74, 6) is 1.96. The average Bonchev–Trinajstić information content (AvgIpc) is 3.29. The van der Waals surface area contributed by atoms with Gasteiger partial charge in [-0.1, -0.05) is 29.4 Å². The number of ether oxygens (including phenoxy) is 2. The predicted molar refractivity (Wildman–Crippen MR) is 87.5 cm³/mol. The quantitative estimate of drug-likeness (QED) is 0.766. The van der Waals surface area contributed by atoms with Gasteiger partial charge >= 0.3 is 0 Å². The Balaban J connectivity index is 1.46.